The number of nitrogens with one attached hydrogen (secondary N) is 1. The summed E-state index contributed by atoms with van der Waals surface area (Å²) in [5, 5.41) is 2.79. The zero-order chi connectivity index (χ0) is 24.0. The molecule has 1 N–H and O–H groups in total. The van der Waals surface area contributed by atoms with E-state index in [1.807, 2.05) is 13.8 Å². The lowest BCUT2D eigenvalue weighted by Gasteiger charge is -2.25. The molecule has 6 nitrogen and oxygen atoms in total. The molecule has 3 aromatic carbocycles. The van der Waals surface area contributed by atoms with Gasteiger partial charge in [-0.3, -0.25) is 9.10 Å². The SMILES string of the molecule is CCOc1ccc(S(=O)(=O)N(CC(=O)NC(C)c2ccc(F)cc2)c2ccc(C)cc2)cc1. The molecule has 0 radical (unpaired) electrons. The summed E-state index contributed by atoms with van der Waals surface area (Å²) < 4.78 is 46.6. The summed E-state index contributed by atoms with van der Waals surface area (Å²) in [7, 11) is -4.03. The van der Waals surface area contributed by atoms with Crippen LogP contribution in [0.25, 0.3) is 0 Å². The summed E-state index contributed by atoms with van der Waals surface area (Å²) in [6, 6.07) is 18.3. The fourth-order valence-electron chi connectivity index (χ4n) is 3.28. The third-order valence-electron chi connectivity index (χ3n) is 5.08. The third kappa shape index (κ3) is 6.10. The first-order valence-corrected chi connectivity index (χ1v) is 12.0. The lowest BCUT2D eigenvalue weighted by molar-refractivity contribution is -0.120. The van der Waals surface area contributed by atoms with Gasteiger partial charge in [0.2, 0.25) is 5.91 Å². The largest absolute Gasteiger partial charge is 0.494 e. The molecule has 3 rings (SSSR count). The number of hydrogen-bond donors (Lipinski definition) is 1. The van der Waals surface area contributed by atoms with E-state index in [9.17, 15) is 17.6 Å². The number of anilines is 1. The molecule has 0 spiro atoms. The van der Waals surface area contributed by atoms with Crippen molar-refractivity contribution in [1.82, 2.24) is 5.32 Å². The molecule has 0 aliphatic heterocycles. The van der Waals surface area contributed by atoms with Crippen LogP contribution in [-0.2, 0) is 14.8 Å². The number of amides is 1. The van der Waals surface area contributed by atoms with Crippen molar-refractivity contribution in [3.8, 4) is 5.75 Å². The van der Waals surface area contributed by atoms with Gasteiger partial charge in [-0.1, -0.05) is 29.8 Å². The van der Waals surface area contributed by atoms with Crippen molar-refractivity contribution in [2.75, 3.05) is 17.5 Å². The minimum atomic E-state index is -4.03. The molecule has 0 aromatic heterocycles. The van der Waals surface area contributed by atoms with E-state index in [1.165, 1.54) is 24.3 Å². The number of carbonyl (C=O) groups excluding carboxylic acids is 1. The Balaban J connectivity index is 1.87. The second kappa shape index (κ2) is 10.5. The number of hydrogen-bond acceptors (Lipinski definition) is 4. The smallest absolute Gasteiger partial charge is 0.264 e. The summed E-state index contributed by atoms with van der Waals surface area (Å²) in [6.45, 7) is 5.54. The summed E-state index contributed by atoms with van der Waals surface area (Å²) >= 11 is 0. The van der Waals surface area contributed by atoms with Gasteiger partial charge in [-0.15, -0.1) is 0 Å². The van der Waals surface area contributed by atoms with E-state index in [0.717, 1.165) is 9.87 Å². The molecule has 1 atom stereocenters. The minimum absolute atomic E-state index is 0.0471. The van der Waals surface area contributed by atoms with E-state index in [4.69, 9.17) is 4.74 Å². The Morgan fingerprint density at radius 3 is 2.18 bits per heavy atom. The molecule has 1 amide bonds. The van der Waals surface area contributed by atoms with Crippen LogP contribution in [-0.4, -0.2) is 27.5 Å². The van der Waals surface area contributed by atoms with Gasteiger partial charge in [0.05, 0.1) is 23.2 Å². The van der Waals surface area contributed by atoms with Gasteiger partial charge in [-0.05, 0) is 74.9 Å². The lowest BCUT2D eigenvalue weighted by atomic mass is 10.1. The molecule has 3 aromatic rings. The van der Waals surface area contributed by atoms with Crippen molar-refractivity contribution in [3.05, 3.63) is 89.7 Å². The van der Waals surface area contributed by atoms with Gasteiger partial charge in [0.1, 0.15) is 18.1 Å². The maximum atomic E-state index is 13.5. The Morgan fingerprint density at radius 2 is 1.61 bits per heavy atom. The summed E-state index contributed by atoms with van der Waals surface area (Å²) in [4.78, 5) is 12.9. The minimum Gasteiger partial charge on any atom is -0.494 e. The normalized spacial score (nSPS) is 12.1. The van der Waals surface area contributed by atoms with Gasteiger partial charge in [-0.25, -0.2) is 12.8 Å². The van der Waals surface area contributed by atoms with E-state index < -0.39 is 28.5 Å². The molecule has 0 fully saturated rings. The number of sulfonamides is 1. The van der Waals surface area contributed by atoms with Crippen LogP contribution in [0.15, 0.2) is 77.7 Å². The van der Waals surface area contributed by atoms with E-state index >= 15 is 0 Å². The van der Waals surface area contributed by atoms with Gasteiger partial charge in [0, 0.05) is 0 Å². The molecule has 0 saturated carbocycles. The number of carbonyl (C=O) groups is 1. The monoisotopic (exact) mass is 470 g/mol. The van der Waals surface area contributed by atoms with Crippen LogP contribution in [0.5, 0.6) is 5.75 Å². The van der Waals surface area contributed by atoms with Crippen LogP contribution in [0.4, 0.5) is 10.1 Å². The maximum Gasteiger partial charge on any atom is 0.264 e. The molecule has 33 heavy (non-hydrogen) atoms. The zero-order valence-electron chi connectivity index (χ0n) is 18.8. The van der Waals surface area contributed by atoms with Crippen molar-refractivity contribution in [2.45, 2.75) is 31.7 Å². The second-order valence-electron chi connectivity index (χ2n) is 7.59. The molecule has 0 bridgehead atoms. The average molecular weight is 471 g/mol. The lowest BCUT2D eigenvalue weighted by Crippen LogP contribution is -2.41. The van der Waals surface area contributed by atoms with E-state index in [2.05, 4.69) is 5.32 Å². The molecule has 0 saturated heterocycles. The summed E-state index contributed by atoms with van der Waals surface area (Å²) in [5.74, 6) is -0.296. The van der Waals surface area contributed by atoms with Crippen molar-refractivity contribution in [3.63, 3.8) is 0 Å². The molecule has 174 valence electrons. The van der Waals surface area contributed by atoms with Gasteiger partial charge >= 0.3 is 0 Å². The van der Waals surface area contributed by atoms with Gasteiger partial charge < -0.3 is 10.1 Å². The highest BCUT2D eigenvalue weighted by Crippen LogP contribution is 2.26. The topological polar surface area (TPSA) is 75.7 Å². The highest BCUT2D eigenvalue weighted by molar-refractivity contribution is 7.92. The second-order valence-corrected chi connectivity index (χ2v) is 9.45. The standard InChI is InChI=1S/C25H27FN2O4S/c1-4-32-23-13-15-24(16-14-23)33(30,31)28(22-11-5-18(2)6-12-22)17-25(29)27-19(3)20-7-9-21(26)10-8-20/h5-16,19H,4,17H2,1-3H3,(H,27,29). The predicted molar refractivity (Wildman–Crippen MR) is 126 cm³/mol. The summed E-state index contributed by atoms with van der Waals surface area (Å²) in [5.41, 5.74) is 2.05. The average Bonchev–Trinajstić information content (AvgIpc) is 2.79. The Bertz CT molecular complexity index is 1180. The fraction of sp³-hybridized carbons (Fsp3) is 0.240. The zero-order valence-corrected chi connectivity index (χ0v) is 19.6. The number of nitrogens with zero attached hydrogens (tertiary/aromatic N) is 1. The van der Waals surface area contributed by atoms with Gasteiger partial charge in [0.15, 0.2) is 0 Å². The molecule has 0 aliphatic rings. The number of halogens is 1. The quantitative estimate of drug-likeness (QED) is 0.496. The first-order valence-electron chi connectivity index (χ1n) is 10.6. The van der Waals surface area contributed by atoms with Crippen molar-refractivity contribution in [1.29, 1.82) is 0 Å². The van der Waals surface area contributed by atoms with Crippen LogP contribution in [0, 0.1) is 12.7 Å². The first-order chi connectivity index (χ1) is 15.7. The number of benzene rings is 3. The van der Waals surface area contributed by atoms with E-state index in [-0.39, 0.29) is 10.7 Å². The Labute approximate surface area is 194 Å². The van der Waals surface area contributed by atoms with Crippen molar-refractivity contribution in [2.24, 2.45) is 0 Å². The van der Waals surface area contributed by atoms with Crippen LogP contribution >= 0.6 is 0 Å². The van der Waals surface area contributed by atoms with Crippen molar-refractivity contribution >= 4 is 21.6 Å². The Kier molecular flexibility index (Phi) is 7.71. The highest BCUT2D eigenvalue weighted by atomic mass is 32.2. The van der Waals surface area contributed by atoms with Crippen LogP contribution in [0.2, 0.25) is 0 Å². The van der Waals surface area contributed by atoms with Gasteiger partial charge in [-0.2, -0.15) is 0 Å². The third-order valence-corrected chi connectivity index (χ3v) is 6.87. The first kappa shape index (κ1) is 24.3. The van der Waals surface area contributed by atoms with Crippen LogP contribution < -0.4 is 14.4 Å². The van der Waals surface area contributed by atoms with Crippen molar-refractivity contribution < 1.29 is 22.3 Å². The Hall–Kier alpha value is -3.39. The fourth-order valence-corrected chi connectivity index (χ4v) is 4.70. The highest BCUT2D eigenvalue weighted by Gasteiger charge is 2.28. The maximum absolute atomic E-state index is 13.5. The van der Waals surface area contributed by atoms with E-state index in [0.29, 0.717) is 23.6 Å². The molecule has 0 heterocycles. The number of rotatable bonds is 9. The molecule has 0 aliphatic carbocycles. The molecular weight excluding hydrogens is 443 g/mol. The molecular formula is C25H27FN2O4S. The molecule has 1 unspecified atom stereocenters. The van der Waals surface area contributed by atoms with Crippen LogP contribution in [0.3, 0.4) is 0 Å². The predicted octanol–water partition coefficient (Wildman–Crippen LogP) is 4.61. The molecule has 8 heteroatoms. The van der Waals surface area contributed by atoms with Crippen LogP contribution in [0.1, 0.15) is 31.0 Å². The Morgan fingerprint density at radius 1 is 1.00 bits per heavy atom. The summed E-state index contributed by atoms with van der Waals surface area (Å²) in [6.07, 6.45) is 0. The van der Waals surface area contributed by atoms with E-state index in [1.54, 1.807) is 55.5 Å². The van der Waals surface area contributed by atoms with Gasteiger partial charge in [0.25, 0.3) is 10.0 Å². The number of aryl methyl sites for hydroxylation is 1. The number of ether oxygens (including phenoxy) is 1.